The summed E-state index contributed by atoms with van der Waals surface area (Å²) in [5, 5.41) is 4.35. The fraction of sp³-hybridized carbons (Fsp3) is 0.500. The second-order valence-electron chi connectivity index (χ2n) is 10.9. The fourth-order valence-corrected chi connectivity index (χ4v) is 5.76. The van der Waals surface area contributed by atoms with Crippen LogP contribution in [0, 0.1) is 0 Å². The Kier molecular flexibility index (Phi) is 9.13. The van der Waals surface area contributed by atoms with Crippen molar-refractivity contribution < 1.29 is 28.2 Å². The summed E-state index contributed by atoms with van der Waals surface area (Å²) in [6, 6.07) is 12.4. The van der Waals surface area contributed by atoms with Gasteiger partial charge in [-0.15, -0.1) is 0 Å². The lowest BCUT2D eigenvalue weighted by Crippen LogP contribution is -2.44. The van der Waals surface area contributed by atoms with Crippen molar-refractivity contribution in [2.45, 2.75) is 71.2 Å². The summed E-state index contributed by atoms with van der Waals surface area (Å²) in [5.74, 6) is 1.96. The van der Waals surface area contributed by atoms with E-state index >= 15 is 0 Å². The van der Waals surface area contributed by atoms with Crippen molar-refractivity contribution in [2.24, 2.45) is 0 Å². The van der Waals surface area contributed by atoms with Crippen LogP contribution < -0.4 is 14.2 Å². The van der Waals surface area contributed by atoms with E-state index in [1.807, 2.05) is 25.1 Å². The van der Waals surface area contributed by atoms with Gasteiger partial charge in [-0.2, -0.15) is 0 Å². The molecule has 0 aliphatic rings. The molecule has 0 radical (unpaired) electrons. The molecule has 37 heavy (non-hydrogen) atoms. The van der Waals surface area contributed by atoms with Gasteiger partial charge in [-0.05, 0) is 89.3 Å². The Bertz CT molecular complexity index is 1240. The van der Waals surface area contributed by atoms with Crippen molar-refractivity contribution in [3.8, 4) is 17.2 Å². The van der Waals surface area contributed by atoms with E-state index in [0.29, 0.717) is 37.4 Å². The van der Waals surface area contributed by atoms with Crippen LogP contribution in [0.15, 0.2) is 36.4 Å². The predicted molar refractivity (Wildman–Crippen MR) is 153 cm³/mol. The van der Waals surface area contributed by atoms with Gasteiger partial charge >= 0.3 is 5.97 Å². The monoisotopic (exact) mass is 526 g/mol. The van der Waals surface area contributed by atoms with Crippen LogP contribution >= 0.6 is 0 Å². The highest BCUT2D eigenvalue weighted by Crippen LogP contribution is 2.41. The standard InChI is InChI=1S/C30H42O6Si/c1-10-35-29(31)14-13-23(36-37(8,9)30(2,3)4)16-21-15-20-11-12-22(32-5)17-24(20)26-19-28(34-7)27(33-6)18-25(21)26/h11-12,15,17-19,23H,10,13-14,16H2,1-9H3/t23-/m0/s1. The molecule has 0 spiro atoms. The number of esters is 1. The number of ether oxygens (including phenoxy) is 4. The van der Waals surface area contributed by atoms with Gasteiger partial charge < -0.3 is 23.4 Å². The van der Waals surface area contributed by atoms with Gasteiger partial charge in [0.2, 0.25) is 0 Å². The Morgan fingerprint density at radius 1 is 0.892 bits per heavy atom. The molecule has 0 N–H and O–H groups in total. The summed E-state index contributed by atoms with van der Waals surface area (Å²) in [5.41, 5.74) is 1.14. The molecule has 0 aromatic heterocycles. The molecule has 0 amide bonds. The molecular formula is C30H42O6Si. The van der Waals surface area contributed by atoms with E-state index in [4.69, 9.17) is 23.4 Å². The molecule has 0 heterocycles. The van der Waals surface area contributed by atoms with Gasteiger partial charge in [0.25, 0.3) is 0 Å². The second-order valence-corrected chi connectivity index (χ2v) is 15.7. The average molecular weight is 527 g/mol. The highest BCUT2D eigenvalue weighted by atomic mass is 28.4. The molecule has 0 aliphatic heterocycles. The fourth-order valence-electron chi connectivity index (χ4n) is 4.38. The molecule has 0 bridgehead atoms. The lowest BCUT2D eigenvalue weighted by Gasteiger charge is -2.39. The molecular weight excluding hydrogens is 484 g/mol. The first-order valence-electron chi connectivity index (χ1n) is 12.9. The van der Waals surface area contributed by atoms with E-state index in [2.05, 4.69) is 52.1 Å². The quantitative estimate of drug-likeness (QED) is 0.148. The molecule has 202 valence electrons. The first-order chi connectivity index (χ1) is 17.4. The minimum absolute atomic E-state index is 0.0494. The Labute approximate surface area is 222 Å². The van der Waals surface area contributed by atoms with Crippen LogP contribution in [0.25, 0.3) is 21.5 Å². The second kappa shape index (κ2) is 11.7. The molecule has 0 aliphatic carbocycles. The molecule has 3 rings (SSSR count). The van der Waals surface area contributed by atoms with E-state index in [9.17, 15) is 4.79 Å². The van der Waals surface area contributed by atoms with E-state index in [1.54, 1.807) is 21.3 Å². The van der Waals surface area contributed by atoms with E-state index in [-0.39, 0.29) is 17.1 Å². The van der Waals surface area contributed by atoms with Gasteiger partial charge in [-0.25, -0.2) is 0 Å². The highest BCUT2D eigenvalue weighted by molar-refractivity contribution is 6.74. The van der Waals surface area contributed by atoms with Gasteiger partial charge in [0.05, 0.1) is 27.9 Å². The number of benzene rings is 3. The van der Waals surface area contributed by atoms with Crippen molar-refractivity contribution in [1.82, 2.24) is 0 Å². The zero-order chi connectivity index (χ0) is 27.4. The number of rotatable bonds is 11. The molecule has 3 aromatic rings. The van der Waals surface area contributed by atoms with E-state index in [0.717, 1.165) is 32.9 Å². The topological polar surface area (TPSA) is 63.2 Å². The van der Waals surface area contributed by atoms with E-state index in [1.165, 1.54) is 0 Å². The van der Waals surface area contributed by atoms with Crippen LogP contribution in [0.1, 0.15) is 46.1 Å². The van der Waals surface area contributed by atoms with Crippen molar-refractivity contribution in [3.63, 3.8) is 0 Å². The third-order valence-corrected chi connectivity index (χ3v) is 12.0. The lowest BCUT2D eigenvalue weighted by atomic mass is 9.93. The molecule has 7 heteroatoms. The summed E-state index contributed by atoms with van der Waals surface area (Å²) in [6.45, 7) is 13.4. The maximum atomic E-state index is 12.3. The summed E-state index contributed by atoms with van der Waals surface area (Å²) >= 11 is 0. The Balaban J connectivity index is 2.15. The maximum Gasteiger partial charge on any atom is 0.305 e. The smallest absolute Gasteiger partial charge is 0.305 e. The van der Waals surface area contributed by atoms with Gasteiger partial charge in [0, 0.05) is 12.5 Å². The van der Waals surface area contributed by atoms with Crippen LogP contribution in [0.5, 0.6) is 17.2 Å². The van der Waals surface area contributed by atoms with Crippen molar-refractivity contribution in [3.05, 3.63) is 42.0 Å². The molecule has 0 saturated carbocycles. The zero-order valence-corrected chi connectivity index (χ0v) is 24.8. The van der Waals surface area contributed by atoms with Crippen LogP contribution in [0.3, 0.4) is 0 Å². The van der Waals surface area contributed by atoms with Gasteiger partial charge in [0.15, 0.2) is 19.8 Å². The van der Waals surface area contributed by atoms with E-state index < -0.39 is 8.32 Å². The van der Waals surface area contributed by atoms with Crippen LogP contribution in [0.4, 0.5) is 0 Å². The number of hydrogen-bond acceptors (Lipinski definition) is 6. The number of methoxy groups -OCH3 is 3. The number of hydrogen-bond donors (Lipinski definition) is 0. The normalized spacial score (nSPS) is 13.0. The third-order valence-electron chi connectivity index (χ3n) is 7.44. The average Bonchev–Trinajstić information content (AvgIpc) is 2.85. The zero-order valence-electron chi connectivity index (χ0n) is 23.8. The molecule has 0 unspecified atom stereocenters. The van der Waals surface area contributed by atoms with Crippen LogP contribution in [-0.2, 0) is 20.4 Å². The molecule has 3 aromatic carbocycles. The van der Waals surface area contributed by atoms with Gasteiger partial charge in [0.1, 0.15) is 5.75 Å². The first-order valence-corrected chi connectivity index (χ1v) is 15.8. The Morgan fingerprint density at radius 2 is 1.54 bits per heavy atom. The van der Waals surface area contributed by atoms with Crippen molar-refractivity contribution >= 4 is 35.8 Å². The highest BCUT2D eigenvalue weighted by Gasteiger charge is 2.39. The molecule has 0 saturated heterocycles. The summed E-state index contributed by atoms with van der Waals surface area (Å²) in [6.07, 6.45) is 1.46. The summed E-state index contributed by atoms with van der Waals surface area (Å²) < 4.78 is 28.9. The maximum absolute atomic E-state index is 12.3. The van der Waals surface area contributed by atoms with Crippen molar-refractivity contribution in [2.75, 3.05) is 27.9 Å². The lowest BCUT2D eigenvalue weighted by molar-refractivity contribution is -0.143. The molecule has 1 atom stereocenters. The third kappa shape index (κ3) is 6.57. The number of fused-ring (bicyclic) bond motifs is 3. The Hall–Kier alpha value is -2.77. The molecule has 0 fully saturated rings. The molecule has 6 nitrogen and oxygen atoms in total. The summed E-state index contributed by atoms with van der Waals surface area (Å²) in [7, 11) is 2.88. The van der Waals surface area contributed by atoms with Crippen LogP contribution in [0.2, 0.25) is 18.1 Å². The first kappa shape index (κ1) is 28.8. The van der Waals surface area contributed by atoms with Crippen LogP contribution in [-0.4, -0.2) is 48.3 Å². The SMILES string of the molecule is CCOC(=O)CC[C@@H](Cc1cc2ccc(OC)cc2c2cc(OC)c(OC)cc12)O[Si](C)(C)C(C)(C)C. The Morgan fingerprint density at radius 3 is 2.11 bits per heavy atom. The van der Waals surface area contributed by atoms with Gasteiger partial charge in [-0.3, -0.25) is 4.79 Å². The number of carbonyl (C=O) groups excluding carboxylic acids is 1. The summed E-state index contributed by atoms with van der Waals surface area (Å²) in [4.78, 5) is 12.3. The van der Waals surface area contributed by atoms with Crippen molar-refractivity contribution in [1.29, 1.82) is 0 Å². The largest absolute Gasteiger partial charge is 0.497 e. The number of carbonyl (C=O) groups is 1. The predicted octanol–water partition coefficient (Wildman–Crippen LogP) is 7.30. The minimum atomic E-state index is -2.09. The van der Waals surface area contributed by atoms with Gasteiger partial charge in [-0.1, -0.05) is 32.9 Å². The minimum Gasteiger partial charge on any atom is -0.497 e.